The number of rotatable bonds is 3. The minimum absolute atomic E-state index is 0.0469. The zero-order chi connectivity index (χ0) is 14.1. The number of nitrogens with zero attached hydrogens (tertiary/aromatic N) is 2. The van der Waals surface area contributed by atoms with Gasteiger partial charge in [0.15, 0.2) is 5.11 Å². The molecule has 3 rings (SSSR count). The standard InChI is InChI=1S/C15H15N3OS/c1-2-18-14(19)13(17-15(18)20)8-10-7-11-5-3-4-6-12(11)16-9-10/h3-7,9,13H,2,8H2,1H3,(H,17,20). The quantitative estimate of drug-likeness (QED) is 0.875. The number of hydrogen-bond donors (Lipinski definition) is 1. The minimum atomic E-state index is -0.273. The molecule has 102 valence electrons. The third kappa shape index (κ3) is 2.25. The van der Waals surface area contributed by atoms with Gasteiger partial charge in [0.25, 0.3) is 5.91 Å². The number of aromatic nitrogens is 1. The van der Waals surface area contributed by atoms with E-state index in [9.17, 15) is 4.79 Å². The summed E-state index contributed by atoms with van der Waals surface area (Å²) >= 11 is 5.17. The Balaban J connectivity index is 1.83. The van der Waals surface area contributed by atoms with E-state index in [2.05, 4.69) is 16.4 Å². The third-order valence-electron chi connectivity index (χ3n) is 3.51. The predicted molar refractivity (Wildman–Crippen MR) is 82.4 cm³/mol. The lowest BCUT2D eigenvalue weighted by Gasteiger charge is -2.11. The number of nitrogens with one attached hydrogen (secondary N) is 1. The first-order valence-electron chi connectivity index (χ1n) is 6.64. The summed E-state index contributed by atoms with van der Waals surface area (Å²) in [6.07, 6.45) is 2.43. The first-order chi connectivity index (χ1) is 9.69. The molecule has 1 atom stereocenters. The molecule has 0 radical (unpaired) electrons. The second-order valence-electron chi connectivity index (χ2n) is 4.82. The first kappa shape index (κ1) is 13.0. The van der Waals surface area contributed by atoms with Gasteiger partial charge in [0, 0.05) is 24.5 Å². The highest BCUT2D eigenvalue weighted by Crippen LogP contribution is 2.16. The number of fused-ring (bicyclic) bond motifs is 1. The van der Waals surface area contributed by atoms with Crippen LogP contribution < -0.4 is 5.32 Å². The Morgan fingerprint density at radius 2 is 2.20 bits per heavy atom. The number of benzene rings is 1. The fraction of sp³-hybridized carbons (Fsp3) is 0.267. The van der Waals surface area contributed by atoms with Crippen molar-refractivity contribution in [1.82, 2.24) is 15.2 Å². The number of hydrogen-bond acceptors (Lipinski definition) is 3. The smallest absolute Gasteiger partial charge is 0.251 e. The van der Waals surface area contributed by atoms with Crippen LogP contribution in [-0.2, 0) is 11.2 Å². The van der Waals surface area contributed by atoms with Crippen LogP contribution in [0.3, 0.4) is 0 Å². The highest BCUT2D eigenvalue weighted by atomic mass is 32.1. The molecule has 1 saturated heterocycles. The minimum Gasteiger partial charge on any atom is -0.350 e. The zero-order valence-corrected chi connectivity index (χ0v) is 12.0. The summed E-state index contributed by atoms with van der Waals surface area (Å²) in [5.41, 5.74) is 2.00. The number of pyridine rings is 1. The molecule has 2 aromatic rings. The van der Waals surface area contributed by atoms with Crippen molar-refractivity contribution in [3.8, 4) is 0 Å². The topological polar surface area (TPSA) is 45.2 Å². The van der Waals surface area contributed by atoms with Gasteiger partial charge < -0.3 is 5.32 Å². The SMILES string of the molecule is CCN1C(=O)C(Cc2cnc3ccccc3c2)NC1=S. The molecule has 1 aromatic heterocycles. The lowest BCUT2D eigenvalue weighted by molar-refractivity contribution is -0.126. The van der Waals surface area contributed by atoms with Gasteiger partial charge in [0.1, 0.15) is 6.04 Å². The first-order valence-corrected chi connectivity index (χ1v) is 7.05. The molecule has 5 heteroatoms. The van der Waals surface area contributed by atoms with Crippen LogP contribution in [0.2, 0.25) is 0 Å². The number of amides is 1. The maximum Gasteiger partial charge on any atom is 0.251 e. The summed E-state index contributed by atoms with van der Waals surface area (Å²) in [5.74, 6) is 0.0469. The fourth-order valence-electron chi connectivity index (χ4n) is 2.48. The van der Waals surface area contributed by atoms with Crippen LogP contribution in [0.25, 0.3) is 10.9 Å². The van der Waals surface area contributed by atoms with Crippen molar-refractivity contribution < 1.29 is 4.79 Å². The zero-order valence-electron chi connectivity index (χ0n) is 11.2. The Hall–Kier alpha value is -2.01. The number of carbonyl (C=O) groups is 1. The van der Waals surface area contributed by atoms with Gasteiger partial charge in [-0.25, -0.2) is 0 Å². The van der Waals surface area contributed by atoms with E-state index in [4.69, 9.17) is 12.2 Å². The van der Waals surface area contributed by atoms with E-state index in [0.717, 1.165) is 16.5 Å². The van der Waals surface area contributed by atoms with E-state index in [-0.39, 0.29) is 11.9 Å². The molecular weight excluding hydrogens is 270 g/mol. The van der Waals surface area contributed by atoms with Crippen LogP contribution in [0, 0.1) is 0 Å². The van der Waals surface area contributed by atoms with Crippen LogP contribution in [0.5, 0.6) is 0 Å². The molecular formula is C15H15N3OS. The van der Waals surface area contributed by atoms with E-state index in [1.807, 2.05) is 37.4 Å². The highest BCUT2D eigenvalue weighted by molar-refractivity contribution is 7.80. The summed E-state index contributed by atoms with van der Waals surface area (Å²) in [7, 11) is 0. The van der Waals surface area contributed by atoms with Gasteiger partial charge in [-0.15, -0.1) is 0 Å². The predicted octanol–water partition coefficient (Wildman–Crippen LogP) is 1.88. The molecule has 1 fully saturated rings. The van der Waals surface area contributed by atoms with Crippen LogP contribution >= 0.6 is 12.2 Å². The molecule has 2 heterocycles. The maximum atomic E-state index is 12.2. The molecule has 1 unspecified atom stereocenters. The van der Waals surface area contributed by atoms with Crippen molar-refractivity contribution in [2.24, 2.45) is 0 Å². The summed E-state index contributed by atoms with van der Waals surface area (Å²) in [5, 5.41) is 4.69. The Morgan fingerprint density at radius 3 is 2.95 bits per heavy atom. The van der Waals surface area contributed by atoms with Crippen LogP contribution in [0.1, 0.15) is 12.5 Å². The van der Waals surface area contributed by atoms with Gasteiger partial charge in [-0.2, -0.15) is 0 Å². The molecule has 0 saturated carbocycles. The molecule has 1 aliphatic rings. The molecule has 0 aliphatic carbocycles. The highest BCUT2D eigenvalue weighted by Gasteiger charge is 2.34. The van der Waals surface area contributed by atoms with Crippen molar-refractivity contribution in [3.63, 3.8) is 0 Å². The molecule has 0 bridgehead atoms. The van der Waals surface area contributed by atoms with Crippen LogP contribution in [0.4, 0.5) is 0 Å². The third-order valence-corrected chi connectivity index (χ3v) is 3.85. The van der Waals surface area contributed by atoms with Crippen molar-refractivity contribution in [2.75, 3.05) is 6.54 Å². The number of thiocarbonyl (C=S) groups is 1. The van der Waals surface area contributed by atoms with E-state index < -0.39 is 0 Å². The Bertz CT molecular complexity index is 686. The largest absolute Gasteiger partial charge is 0.350 e. The summed E-state index contributed by atoms with van der Waals surface area (Å²) in [6, 6.07) is 9.76. The van der Waals surface area contributed by atoms with E-state index in [1.54, 1.807) is 4.90 Å². The van der Waals surface area contributed by atoms with Gasteiger partial charge in [0.05, 0.1) is 5.52 Å². The van der Waals surface area contributed by atoms with E-state index in [0.29, 0.717) is 18.1 Å². The van der Waals surface area contributed by atoms with Gasteiger partial charge in [-0.05, 0) is 36.8 Å². The van der Waals surface area contributed by atoms with Gasteiger partial charge in [-0.3, -0.25) is 14.7 Å². The second kappa shape index (κ2) is 5.17. The van der Waals surface area contributed by atoms with Gasteiger partial charge in [0.2, 0.25) is 0 Å². The fourth-order valence-corrected chi connectivity index (χ4v) is 2.84. The Labute approximate surface area is 122 Å². The average molecular weight is 285 g/mol. The second-order valence-corrected chi connectivity index (χ2v) is 5.21. The maximum absolute atomic E-state index is 12.2. The van der Waals surface area contributed by atoms with Crippen molar-refractivity contribution in [1.29, 1.82) is 0 Å². The van der Waals surface area contributed by atoms with Crippen molar-refractivity contribution >= 4 is 34.1 Å². The Morgan fingerprint density at radius 1 is 1.40 bits per heavy atom. The number of para-hydroxylation sites is 1. The van der Waals surface area contributed by atoms with E-state index in [1.165, 1.54) is 0 Å². The lowest BCUT2D eigenvalue weighted by Crippen LogP contribution is -2.32. The molecule has 20 heavy (non-hydrogen) atoms. The summed E-state index contributed by atoms with van der Waals surface area (Å²) < 4.78 is 0. The molecule has 1 aliphatic heterocycles. The molecule has 0 spiro atoms. The average Bonchev–Trinajstić information content (AvgIpc) is 2.73. The van der Waals surface area contributed by atoms with Gasteiger partial charge in [-0.1, -0.05) is 18.2 Å². The van der Waals surface area contributed by atoms with Crippen LogP contribution in [-0.4, -0.2) is 33.5 Å². The van der Waals surface area contributed by atoms with E-state index >= 15 is 0 Å². The molecule has 1 aromatic carbocycles. The Kier molecular flexibility index (Phi) is 3.36. The van der Waals surface area contributed by atoms with Gasteiger partial charge >= 0.3 is 0 Å². The molecule has 1 amide bonds. The van der Waals surface area contributed by atoms with Crippen molar-refractivity contribution in [2.45, 2.75) is 19.4 Å². The number of carbonyl (C=O) groups excluding carboxylic acids is 1. The lowest BCUT2D eigenvalue weighted by atomic mass is 10.1. The van der Waals surface area contributed by atoms with Crippen molar-refractivity contribution in [3.05, 3.63) is 42.1 Å². The normalized spacial score (nSPS) is 18.6. The molecule has 1 N–H and O–H groups in total. The molecule has 4 nitrogen and oxygen atoms in total. The van der Waals surface area contributed by atoms with Crippen LogP contribution in [0.15, 0.2) is 36.5 Å². The summed E-state index contributed by atoms with van der Waals surface area (Å²) in [4.78, 5) is 18.2. The number of likely N-dealkylation sites (N-methyl/N-ethyl adjacent to an activating group) is 1. The monoisotopic (exact) mass is 285 g/mol. The summed E-state index contributed by atoms with van der Waals surface area (Å²) in [6.45, 7) is 2.53.